The zero-order chi connectivity index (χ0) is 29.8. The summed E-state index contributed by atoms with van der Waals surface area (Å²) in [5.41, 5.74) is -0.704. The number of carbonyl (C=O) groups excluding carboxylic acids is 2. The van der Waals surface area contributed by atoms with E-state index in [2.05, 4.69) is 16.0 Å². The normalized spacial score (nSPS) is 24.0. The number of carboxylic acid groups (broad SMARTS) is 1. The molecule has 2 spiro atoms. The molecule has 1 unspecified atom stereocenters. The first kappa shape index (κ1) is 28.5. The van der Waals surface area contributed by atoms with E-state index in [1.165, 1.54) is 31.4 Å². The zero-order valence-electron chi connectivity index (χ0n) is 22.6. The van der Waals surface area contributed by atoms with E-state index in [4.69, 9.17) is 27.9 Å². The van der Waals surface area contributed by atoms with E-state index in [0.717, 1.165) is 19.3 Å². The minimum atomic E-state index is -1.36. The third-order valence-corrected chi connectivity index (χ3v) is 9.54. The molecule has 11 heteroatoms. The molecule has 0 aromatic heterocycles. The second-order valence-electron chi connectivity index (χ2n) is 11.0. The van der Waals surface area contributed by atoms with Gasteiger partial charge in [0.2, 0.25) is 11.8 Å². The van der Waals surface area contributed by atoms with Gasteiger partial charge >= 0.3 is 5.97 Å². The maximum absolute atomic E-state index is 16.0. The fourth-order valence-corrected chi connectivity index (χ4v) is 7.71. The highest BCUT2D eigenvalue weighted by Gasteiger charge is 2.72. The van der Waals surface area contributed by atoms with Crippen molar-refractivity contribution in [2.24, 2.45) is 0 Å². The van der Waals surface area contributed by atoms with E-state index in [1.54, 1.807) is 30.3 Å². The number of carboxylic acids is 1. The van der Waals surface area contributed by atoms with Crippen LogP contribution in [0.15, 0.2) is 54.6 Å². The van der Waals surface area contributed by atoms with E-state index in [0.29, 0.717) is 29.1 Å². The Labute approximate surface area is 251 Å². The zero-order valence-corrected chi connectivity index (χ0v) is 24.1. The van der Waals surface area contributed by atoms with Crippen LogP contribution in [-0.2, 0) is 15.0 Å². The summed E-state index contributed by atoms with van der Waals surface area (Å²) in [7, 11) is 1.37. The average molecular weight is 612 g/mol. The molecule has 3 atom stereocenters. The lowest BCUT2D eigenvalue weighted by molar-refractivity contribution is -0.124. The highest BCUT2D eigenvalue weighted by molar-refractivity contribution is 6.31. The lowest BCUT2D eigenvalue weighted by Gasteiger charge is -2.47. The van der Waals surface area contributed by atoms with Crippen molar-refractivity contribution in [2.75, 3.05) is 17.7 Å². The quantitative estimate of drug-likeness (QED) is 0.276. The Bertz CT molecular complexity index is 1630. The lowest BCUT2D eigenvalue weighted by atomic mass is 9.55. The van der Waals surface area contributed by atoms with Gasteiger partial charge < -0.3 is 20.5 Å². The second-order valence-corrected chi connectivity index (χ2v) is 11.9. The molecule has 6 rings (SSSR count). The van der Waals surface area contributed by atoms with Crippen LogP contribution in [0.3, 0.4) is 0 Å². The molecule has 218 valence electrons. The Morgan fingerprint density at radius 2 is 1.83 bits per heavy atom. The Morgan fingerprint density at radius 1 is 1.07 bits per heavy atom. The van der Waals surface area contributed by atoms with Crippen molar-refractivity contribution < 1.29 is 28.6 Å². The molecule has 2 fully saturated rings. The lowest BCUT2D eigenvalue weighted by Crippen LogP contribution is -2.60. The Kier molecular flexibility index (Phi) is 7.15. The molecular weight excluding hydrogens is 584 g/mol. The van der Waals surface area contributed by atoms with Gasteiger partial charge in [-0.15, -0.1) is 0 Å². The summed E-state index contributed by atoms with van der Waals surface area (Å²) in [6.07, 6.45) is 3.76. The predicted molar refractivity (Wildman–Crippen MR) is 157 cm³/mol. The van der Waals surface area contributed by atoms with Gasteiger partial charge in [0.05, 0.1) is 29.4 Å². The van der Waals surface area contributed by atoms with Crippen LogP contribution in [0, 0.1) is 5.82 Å². The molecule has 3 aromatic carbocycles. The Morgan fingerprint density at radius 3 is 2.55 bits per heavy atom. The first-order valence-corrected chi connectivity index (χ1v) is 14.4. The summed E-state index contributed by atoms with van der Waals surface area (Å²) in [5, 5.41) is 19.1. The van der Waals surface area contributed by atoms with E-state index >= 15 is 4.39 Å². The molecule has 4 N–H and O–H groups in total. The van der Waals surface area contributed by atoms with Gasteiger partial charge in [0.1, 0.15) is 17.0 Å². The predicted octanol–water partition coefficient (Wildman–Crippen LogP) is 6.13. The van der Waals surface area contributed by atoms with Crippen LogP contribution in [-0.4, -0.2) is 41.6 Å². The number of ether oxygens (including phenoxy) is 1. The van der Waals surface area contributed by atoms with Crippen molar-refractivity contribution in [3.05, 3.63) is 87.2 Å². The molecule has 0 radical (unpaired) electrons. The number of nitrogens with one attached hydrogen (secondary N) is 3. The van der Waals surface area contributed by atoms with Gasteiger partial charge in [-0.2, -0.15) is 0 Å². The van der Waals surface area contributed by atoms with Crippen LogP contribution in [0.1, 0.15) is 59.5 Å². The molecule has 2 heterocycles. The number of hydrogen-bond acceptors (Lipinski definition) is 5. The molecule has 8 nitrogen and oxygen atoms in total. The molecule has 2 amide bonds. The fourth-order valence-electron chi connectivity index (χ4n) is 7.36. The summed E-state index contributed by atoms with van der Waals surface area (Å²) in [6.45, 7) is 0. The summed E-state index contributed by atoms with van der Waals surface area (Å²) < 4.78 is 21.4. The van der Waals surface area contributed by atoms with Crippen LogP contribution in [0.5, 0.6) is 5.75 Å². The molecule has 3 aromatic rings. The first-order chi connectivity index (χ1) is 20.1. The fraction of sp³-hybridized carbons (Fsp3) is 0.323. The standard InChI is InChI=1S/C31H28Cl2FN3O5/c1-42-23-14-16(28(39)40)8-11-21(23)35-27(38)26-24(18-6-5-7-20(33)25(18)34)31(30(37-26)12-3-2-4-13-30)19-10-9-17(32)15-22(19)36-29(31)41/h5-11,14-15,24,26,37H,2-4,12-13H2,1H3,(H,35,38)(H,36,41)(H,39,40)/t24-,26+,31?/m0/s1. The number of fused-ring (bicyclic) bond motifs is 3. The maximum atomic E-state index is 16.0. The summed E-state index contributed by atoms with van der Waals surface area (Å²) in [4.78, 5) is 40.2. The van der Waals surface area contributed by atoms with Crippen molar-refractivity contribution in [3.63, 3.8) is 0 Å². The smallest absolute Gasteiger partial charge is 0.335 e. The van der Waals surface area contributed by atoms with Gasteiger partial charge in [-0.25, -0.2) is 9.18 Å². The number of hydrogen-bond donors (Lipinski definition) is 4. The van der Waals surface area contributed by atoms with Gasteiger partial charge in [0.25, 0.3) is 0 Å². The molecule has 1 saturated heterocycles. The number of halogens is 3. The minimum Gasteiger partial charge on any atom is -0.495 e. The van der Waals surface area contributed by atoms with E-state index < -0.39 is 40.6 Å². The van der Waals surface area contributed by atoms with E-state index in [1.807, 2.05) is 0 Å². The van der Waals surface area contributed by atoms with Crippen molar-refractivity contribution in [3.8, 4) is 5.75 Å². The van der Waals surface area contributed by atoms with Gasteiger partial charge in [-0.1, -0.05) is 60.7 Å². The number of aromatic carboxylic acids is 1. The maximum Gasteiger partial charge on any atom is 0.335 e. The van der Waals surface area contributed by atoms with Gasteiger partial charge in [-0.05, 0) is 60.4 Å². The topological polar surface area (TPSA) is 117 Å². The number of methoxy groups -OCH3 is 1. The number of anilines is 2. The monoisotopic (exact) mass is 611 g/mol. The van der Waals surface area contributed by atoms with Crippen molar-refractivity contribution >= 4 is 52.4 Å². The SMILES string of the molecule is COc1cc(C(=O)O)ccc1NC(=O)[C@@H]1NC2(CCCCC2)C2(C(=O)Nc3cc(Cl)ccc32)[C@H]1c1cccc(Cl)c1F. The third kappa shape index (κ3) is 4.17. The molecule has 2 aliphatic heterocycles. The van der Waals surface area contributed by atoms with Gasteiger partial charge in [-0.3, -0.25) is 14.9 Å². The van der Waals surface area contributed by atoms with Crippen LogP contribution in [0.4, 0.5) is 15.8 Å². The molecule has 42 heavy (non-hydrogen) atoms. The summed E-state index contributed by atoms with van der Waals surface area (Å²) >= 11 is 12.6. The van der Waals surface area contributed by atoms with Gasteiger partial charge in [0, 0.05) is 22.2 Å². The molecule has 0 bridgehead atoms. The summed E-state index contributed by atoms with van der Waals surface area (Å²) in [5.74, 6) is -3.56. The Balaban J connectivity index is 1.55. The van der Waals surface area contributed by atoms with Crippen LogP contribution in [0.25, 0.3) is 0 Å². The van der Waals surface area contributed by atoms with E-state index in [9.17, 15) is 19.5 Å². The van der Waals surface area contributed by atoms with Crippen molar-refractivity contribution in [2.45, 2.75) is 55.0 Å². The second kappa shape index (κ2) is 10.6. The minimum absolute atomic E-state index is 0.0132. The van der Waals surface area contributed by atoms with Crippen LogP contribution < -0.4 is 20.7 Å². The number of carbonyl (C=O) groups is 3. The molecule has 1 aliphatic carbocycles. The van der Waals surface area contributed by atoms with Crippen LogP contribution >= 0.6 is 23.2 Å². The third-order valence-electron chi connectivity index (χ3n) is 9.01. The molecule has 3 aliphatic rings. The molecular formula is C31H28Cl2FN3O5. The van der Waals surface area contributed by atoms with Gasteiger partial charge in [0.15, 0.2) is 0 Å². The largest absolute Gasteiger partial charge is 0.495 e. The van der Waals surface area contributed by atoms with Crippen molar-refractivity contribution in [1.29, 1.82) is 0 Å². The highest BCUT2D eigenvalue weighted by atomic mass is 35.5. The summed E-state index contributed by atoms with van der Waals surface area (Å²) in [6, 6.07) is 12.8. The van der Waals surface area contributed by atoms with Crippen LogP contribution in [0.2, 0.25) is 10.0 Å². The number of amides is 2. The average Bonchev–Trinajstić information content (AvgIpc) is 3.42. The first-order valence-electron chi connectivity index (χ1n) is 13.7. The Hall–Kier alpha value is -3.66. The van der Waals surface area contributed by atoms with E-state index in [-0.39, 0.29) is 33.5 Å². The number of rotatable bonds is 5. The highest BCUT2D eigenvalue weighted by Crippen LogP contribution is 2.62. The van der Waals surface area contributed by atoms with Crippen molar-refractivity contribution in [1.82, 2.24) is 5.32 Å². The number of benzene rings is 3. The molecule has 1 saturated carbocycles.